The van der Waals surface area contributed by atoms with Gasteiger partial charge in [0.2, 0.25) is 0 Å². The molecular weight excluding hydrogens is 146 g/mol. The third-order valence-electron chi connectivity index (χ3n) is 1.86. The molecule has 0 heterocycles. The zero-order valence-electron chi connectivity index (χ0n) is 7.80. The highest BCUT2D eigenvalue weighted by atomic mass is 14.5. The first kappa shape index (κ1) is 9.11. The van der Waals surface area contributed by atoms with Gasteiger partial charge in [0, 0.05) is 5.69 Å². The maximum atomic E-state index is 5.66. The smallest absolute Gasteiger partial charge is 0.0316 e. The van der Waals surface area contributed by atoms with Gasteiger partial charge >= 0.3 is 0 Å². The average Bonchev–Trinajstić information content (AvgIpc) is 2.01. The third kappa shape index (κ3) is 2.95. The van der Waals surface area contributed by atoms with Crippen molar-refractivity contribution in [2.24, 2.45) is 0 Å². The van der Waals surface area contributed by atoms with Crippen LogP contribution < -0.4 is 5.73 Å². The molecule has 0 unspecified atom stereocenters. The van der Waals surface area contributed by atoms with Crippen LogP contribution in [0, 0.1) is 5.92 Å². The highest BCUT2D eigenvalue weighted by molar-refractivity contribution is 5.40. The molecule has 0 amide bonds. The van der Waals surface area contributed by atoms with Gasteiger partial charge in [-0.3, -0.25) is 0 Å². The van der Waals surface area contributed by atoms with E-state index in [9.17, 15) is 0 Å². The van der Waals surface area contributed by atoms with Gasteiger partial charge in [-0.2, -0.15) is 0 Å². The Hall–Kier alpha value is -0.980. The highest BCUT2D eigenvalue weighted by Gasteiger charge is 1.96. The zero-order valence-corrected chi connectivity index (χ0v) is 7.80. The summed E-state index contributed by atoms with van der Waals surface area (Å²) in [5.41, 5.74) is 7.85. The van der Waals surface area contributed by atoms with Crippen molar-refractivity contribution in [3.63, 3.8) is 0 Å². The molecule has 0 atom stereocenters. The van der Waals surface area contributed by atoms with Crippen LogP contribution in [0.1, 0.15) is 25.8 Å². The Balaban J connectivity index is 2.52. The van der Waals surface area contributed by atoms with Gasteiger partial charge in [0.05, 0.1) is 0 Å². The van der Waals surface area contributed by atoms with Crippen molar-refractivity contribution in [2.75, 3.05) is 5.73 Å². The summed E-state index contributed by atoms with van der Waals surface area (Å²) >= 11 is 0. The SMILES string of the molecule is C[C](C)CCc1cccc(N)c1. The van der Waals surface area contributed by atoms with Gasteiger partial charge < -0.3 is 5.73 Å². The Morgan fingerprint density at radius 3 is 2.67 bits per heavy atom. The second-order valence-electron chi connectivity index (χ2n) is 3.45. The summed E-state index contributed by atoms with van der Waals surface area (Å²) in [7, 11) is 0. The second kappa shape index (κ2) is 4.15. The summed E-state index contributed by atoms with van der Waals surface area (Å²) in [5.74, 6) is 1.47. The molecule has 0 spiro atoms. The Kier molecular flexibility index (Phi) is 3.15. The van der Waals surface area contributed by atoms with E-state index in [1.165, 1.54) is 11.5 Å². The lowest BCUT2D eigenvalue weighted by molar-refractivity contribution is 0.831. The molecule has 0 saturated heterocycles. The lowest BCUT2D eigenvalue weighted by Gasteiger charge is -2.04. The lowest BCUT2D eigenvalue weighted by Crippen LogP contribution is -1.92. The van der Waals surface area contributed by atoms with E-state index < -0.39 is 0 Å². The van der Waals surface area contributed by atoms with Gasteiger partial charge in [0.25, 0.3) is 0 Å². The summed E-state index contributed by atoms with van der Waals surface area (Å²) in [5, 5.41) is 0. The number of rotatable bonds is 3. The molecule has 1 heteroatoms. The Morgan fingerprint density at radius 1 is 1.33 bits per heavy atom. The first-order chi connectivity index (χ1) is 5.68. The number of anilines is 1. The Bertz CT molecular complexity index is 241. The molecule has 1 rings (SSSR count). The predicted octanol–water partition coefficient (Wildman–Crippen LogP) is 2.82. The molecule has 0 aliphatic carbocycles. The van der Waals surface area contributed by atoms with Gasteiger partial charge in [-0.25, -0.2) is 0 Å². The van der Waals surface area contributed by atoms with Crippen molar-refractivity contribution in [1.82, 2.24) is 0 Å². The largest absolute Gasteiger partial charge is 0.399 e. The minimum atomic E-state index is 0.862. The van der Waals surface area contributed by atoms with Crippen LogP contribution in [-0.4, -0.2) is 0 Å². The van der Waals surface area contributed by atoms with Crippen LogP contribution in [0.5, 0.6) is 0 Å². The van der Waals surface area contributed by atoms with Gasteiger partial charge in [-0.1, -0.05) is 26.0 Å². The van der Waals surface area contributed by atoms with E-state index in [1.54, 1.807) is 0 Å². The molecule has 1 aromatic carbocycles. The van der Waals surface area contributed by atoms with Crippen LogP contribution in [0.3, 0.4) is 0 Å². The van der Waals surface area contributed by atoms with Crippen molar-refractivity contribution < 1.29 is 0 Å². The summed E-state index contributed by atoms with van der Waals surface area (Å²) in [6.45, 7) is 4.32. The van der Waals surface area contributed by atoms with Crippen molar-refractivity contribution in [1.29, 1.82) is 0 Å². The third-order valence-corrected chi connectivity index (χ3v) is 1.86. The summed E-state index contributed by atoms with van der Waals surface area (Å²) < 4.78 is 0. The fourth-order valence-corrected chi connectivity index (χ4v) is 1.14. The highest BCUT2D eigenvalue weighted by Crippen LogP contribution is 2.12. The maximum absolute atomic E-state index is 5.66. The normalized spacial score (nSPS) is 10.6. The van der Waals surface area contributed by atoms with Crippen LogP contribution in [-0.2, 0) is 6.42 Å². The second-order valence-corrected chi connectivity index (χ2v) is 3.45. The molecule has 0 saturated carbocycles. The molecule has 0 bridgehead atoms. The van der Waals surface area contributed by atoms with E-state index in [0.717, 1.165) is 18.5 Å². The van der Waals surface area contributed by atoms with Gasteiger partial charge in [-0.15, -0.1) is 0 Å². The number of aryl methyl sites for hydroxylation is 1. The summed E-state index contributed by atoms with van der Waals surface area (Å²) in [4.78, 5) is 0. The molecule has 2 N–H and O–H groups in total. The first-order valence-electron chi connectivity index (χ1n) is 4.32. The number of hydrogen-bond acceptors (Lipinski definition) is 1. The van der Waals surface area contributed by atoms with E-state index in [4.69, 9.17) is 5.73 Å². The molecule has 0 aromatic heterocycles. The van der Waals surface area contributed by atoms with Gasteiger partial charge in [0.15, 0.2) is 0 Å². The minimum absolute atomic E-state index is 0.862. The van der Waals surface area contributed by atoms with Crippen LogP contribution in [0.2, 0.25) is 0 Å². The van der Waals surface area contributed by atoms with Gasteiger partial charge in [0.1, 0.15) is 0 Å². The average molecular weight is 162 g/mol. The van der Waals surface area contributed by atoms with Crippen LogP contribution in [0.4, 0.5) is 5.69 Å². The number of nitrogen functional groups attached to an aromatic ring is 1. The molecular formula is C11H16N. The van der Waals surface area contributed by atoms with E-state index in [1.807, 2.05) is 18.2 Å². The van der Waals surface area contributed by atoms with Crippen LogP contribution >= 0.6 is 0 Å². The van der Waals surface area contributed by atoms with Crippen molar-refractivity contribution in [3.05, 3.63) is 35.7 Å². The Labute approximate surface area is 74.6 Å². The first-order valence-corrected chi connectivity index (χ1v) is 4.32. The molecule has 0 aliphatic rings. The van der Waals surface area contributed by atoms with E-state index >= 15 is 0 Å². The Morgan fingerprint density at radius 2 is 2.08 bits per heavy atom. The molecule has 1 radical (unpaired) electrons. The van der Waals surface area contributed by atoms with Crippen molar-refractivity contribution in [3.8, 4) is 0 Å². The summed E-state index contributed by atoms with van der Waals surface area (Å²) in [6, 6.07) is 8.10. The lowest BCUT2D eigenvalue weighted by atomic mass is 10.0. The van der Waals surface area contributed by atoms with Crippen LogP contribution in [0.25, 0.3) is 0 Å². The minimum Gasteiger partial charge on any atom is -0.399 e. The standard InChI is InChI=1S/C11H16N/c1-9(2)6-7-10-4-3-5-11(12)8-10/h3-5,8H,6-7,12H2,1-2H3. The molecule has 65 valence electrons. The van der Waals surface area contributed by atoms with Crippen LogP contribution in [0.15, 0.2) is 24.3 Å². The number of hydrogen-bond donors (Lipinski definition) is 1. The predicted molar refractivity (Wildman–Crippen MR) is 53.8 cm³/mol. The molecule has 12 heavy (non-hydrogen) atoms. The monoisotopic (exact) mass is 162 g/mol. The quantitative estimate of drug-likeness (QED) is 0.679. The van der Waals surface area contributed by atoms with Crippen molar-refractivity contribution in [2.45, 2.75) is 26.7 Å². The zero-order chi connectivity index (χ0) is 8.97. The van der Waals surface area contributed by atoms with E-state index in [-0.39, 0.29) is 0 Å². The molecule has 0 aliphatic heterocycles. The summed E-state index contributed by atoms with van der Waals surface area (Å²) in [6.07, 6.45) is 2.26. The van der Waals surface area contributed by atoms with Gasteiger partial charge in [-0.05, 0) is 36.5 Å². The van der Waals surface area contributed by atoms with Crippen molar-refractivity contribution >= 4 is 5.69 Å². The number of benzene rings is 1. The fraction of sp³-hybridized carbons (Fsp3) is 0.364. The fourth-order valence-electron chi connectivity index (χ4n) is 1.14. The molecule has 1 aromatic rings. The topological polar surface area (TPSA) is 26.0 Å². The molecule has 0 fully saturated rings. The number of nitrogens with two attached hydrogens (primary N) is 1. The maximum Gasteiger partial charge on any atom is 0.0316 e. The van der Waals surface area contributed by atoms with E-state index in [2.05, 4.69) is 19.9 Å². The van der Waals surface area contributed by atoms with E-state index in [0.29, 0.717) is 0 Å². The molecule has 1 nitrogen and oxygen atoms in total.